The van der Waals surface area contributed by atoms with E-state index in [1.54, 1.807) is 0 Å². The van der Waals surface area contributed by atoms with Crippen LogP contribution >= 0.6 is 0 Å². The van der Waals surface area contributed by atoms with Gasteiger partial charge in [0.1, 0.15) is 12.2 Å². The third kappa shape index (κ3) is 3.24. The lowest BCUT2D eigenvalue weighted by molar-refractivity contribution is 0.00948. The first-order valence-electron chi connectivity index (χ1n) is 2.65. The van der Waals surface area contributed by atoms with Crippen molar-refractivity contribution >= 4 is 0 Å². The molecule has 3 nitrogen and oxygen atoms in total. The highest BCUT2D eigenvalue weighted by atomic mass is 16.4. The minimum absolute atomic E-state index is 0.439. The lowest BCUT2D eigenvalue weighted by atomic mass is 10.2. The minimum atomic E-state index is -1.09. The molecule has 0 heterocycles. The van der Waals surface area contributed by atoms with E-state index in [2.05, 4.69) is 6.92 Å². The Morgan fingerprint density at radius 3 is 2.33 bits per heavy atom. The maximum Gasteiger partial charge on any atom is 0.106 e. The second-order valence-corrected chi connectivity index (χ2v) is 1.67. The monoisotopic (exact) mass is 131 g/mol. The lowest BCUT2D eigenvalue weighted by Crippen LogP contribution is -2.27. The van der Waals surface area contributed by atoms with E-state index >= 15 is 0 Å². The molecule has 0 rings (SSSR count). The standard InChI is InChI=1S/C6H11O3/c1-2-3-5(8)6(9)4-7/h2-3,5-9H,1,4H2/b3-2+. The molecule has 1 radical (unpaired) electrons. The van der Waals surface area contributed by atoms with E-state index in [0.717, 1.165) is 0 Å². The summed E-state index contributed by atoms with van der Waals surface area (Å²) in [6, 6.07) is 0. The SMILES string of the molecule is [CH2]/C=C/C(O)C(O)CO. The van der Waals surface area contributed by atoms with Crippen LogP contribution in [-0.4, -0.2) is 34.1 Å². The van der Waals surface area contributed by atoms with Gasteiger partial charge >= 0.3 is 0 Å². The van der Waals surface area contributed by atoms with Gasteiger partial charge in [-0.1, -0.05) is 12.2 Å². The molecule has 0 aliphatic heterocycles. The molecule has 0 saturated heterocycles. The van der Waals surface area contributed by atoms with E-state index < -0.39 is 18.8 Å². The number of allylic oxidation sites excluding steroid dienone is 1. The first-order chi connectivity index (χ1) is 4.22. The molecule has 9 heavy (non-hydrogen) atoms. The highest BCUT2D eigenvalue weighted by molar-refractivity contribution is 4.93. The smallest absolute Gasteiger partial charge is 0.106 e. The average Bonchev–Trinajstić information content (AvgIpc) is 1.87. The summed E-state index contributed by atoms with van der Waals surface area (Å²) in [6.07, 6.45) is 0.570. The molecule has 0 saturated carbocycles. The van der Waals surface area contributed by atoms with Crippen molar-refractivity contribution in [3.63, 3.8) is 0 Å². The number of hydrogen-bond acceptors (Lipinski definition) is 3. The van der Waals surface area contributed by atoms with Crippen molar-refractivity contribution in [1.82, 2.24) is 0 Å². The molecule has 0 aromatic rings. The van der Waals surface area contributed by atoms with Gasteiger partial charge in [0.25, 0.3) is 0 Å². The molecule has 3 N–H and O–H groups in total. The maximum absolute atomic E-state index is 8.78. The molecule has 0 aliphatic carbocycles. The zero-order chi connectivity index (χ0) is 7.28. The lowest BCUT2D eigenvalue weighted by Gasteiger charge is -2.09. The molecule has 0 amide bonds. The molecule has 53 valence electrons. The quantitative estimate of drug-likeness (QED) is 0.464. The van der Waals surface area contributed by atoms with Crippen LogP contribution in [-0.2, 0) is 0 Å². The fourth-order valence-corrected chi connectivity index (χ4v) is 0.376. The van der Waals surface area contributed by atoms with E-state index in [0.29, 0.717) is 0 Å². The minimum Gasteiger partial charge on any atom is -0.394 e. The summed E-state index contributed by atoms with van der Waals surface area (Å²) in [6.45, 7) is 2.87. The van der Waals surface area contributed by atoms with Gasteiger partial charge in [0, 0.05) is 0 Å². The van der Waals surface area contributed by atoms with Crippen LogP contribution in [0.5, 0.6) is 0 Å². The Morgan fingerprint density at radius 1 is 1.44 bits per heavy atom. The van der Waals surface area contributed by atoms with Gasteiger partial charge in [0.15, 0.2) is 0 Å². The highest BCUT2D eigenvalue weighted by Crippen LogP contribution is 1.92. The summed E-state index contributed by atoms with van der Waals surface area (Å²) in [7, 11) is 0. The van der Waals surface area contributed by atoms with E-state index in [-0.39, 0.29) is 0 Å². The predicted octanol–water partition coefficient (Wildman–Crippen LogP) is -0.909. The molecule has 0 aromatic carbocycles. The largest absolute Gasteiger partial charge is 0.394 e. The molecule has 0 fully saturated rings. The Kier molecular flexibility index (Phi) is 4.30. The number of aliphatic hydroxyl groups excluding tert-OH is 3. The summed E-state index contributed by atoms with van der Waals surface area (Å²) in [5.74, 6) is 0. The third-order valence-electron chi connectivity index (χ3n) is 0.915. The molecule has 2 unspecified atom stereocenters. The van der Waals surface area contributed by atoms with Crippen molar-refractivity contribution in [2.45, 2.75) is 12.2 Å². The highest BCUT2D eigenvalue weighted by Gasteiger charge is 2.09. The summed E-state index contributed by atoms with van der Waals surface area (Å²) >= 11 is 0. The van der Waals surface area contributed by atoms with E-state index in [4.69, 9.17) is 15.3 Å². The van der Waals surface area contributed by atoms with Gasteiger partial charge in [-0.05, 0) is 6.92 Å². The molecule has 0 aromatic heterocycles. The molecular weight excluding hydrogens is 120 g/mol. The second-order valence-electron chi connectivity index (χ2n) is 1.67. The Bertz CT molecular complexity index is 90.3. The first-order valence-corrected chi connectivity index (χ1v) is 2.65. The zero-order valence-corrected chi connectivity index (χ0v) is 5.07. The van der Waals surface area contributed by atoms with Gasteiger partial charge in [-0.2, -0.15) is 0 Å². The Labute approximate surface area is 54.3 Å². The topological polar surface area (TPSA) is 60.7 Å². The molecule has 0 spiro atoms. The van der Waals surface area contributed by atoms with Gasteiger partial charge in [0.2, 0.25) is 0 Å². The van der Waals surface area contributed by atoms with Crippen LogP contribution in [0.2, 0.25) is 0 Å². The van der Waals surface area contributed by atoms with E-state index in [1.807, 2.05) is 0 Å². The Morgan fingerprint density at radius 2 is 2.00 bits per heavy atom. The number of hydrogen-bond donors (Lipinski definition) is 3. The number of rotatable bonds is 3. The normalized spacial score (nSPS) is 18.2. The average molecular weight is 131 g/mol. The van der Waals surface area contributed by atoms with E-state index in [9.17, 15) is 0 Å². The Balaban J connectivity index is 3.58. The molecule has 3 heteroatoms. The van der Waals surface area contributed by atoms with Crippen molar-refractivity contribution in [1.29, 1.82) is 0 Å². The van der Waals surface area contributed by atoms with Crippen molar-refractivity contribution in [3.8, 4) is 0 Å². The van der Waals surface area contributed by atoms with Crippen LogP contribution in [0.4, 0.5) is 0 Å². The fraction of sp³-hybridized carbons (Fsp3) is 0.500. The second kappa shape index (κ2) is 4.49. The van der Waals surface area contributed by atoms with Crippen LogP contribution < -0.4 is 0 Å². The van der Waals surface area contributed by atoms with Crippen molar-refractivity contribution in [2.75, 3.05) is 6.61 Å². The molecule has 0 aliphatic rings. The zero-order valence-electron chi connectivity index (χ0n) is 5.07. The van der Waals surface area contributed by atoms with Crippen molar-refractivity contribution in [2.24, 2.45) is 0 Å². The van der Waals surface area contributed by atoms with Crippen LogP contribution in [0, 0.1) is 6.92 Å². The van der Waals surface area contributed by atoms with Gasteiger partial charge in [0.05, 0.1) is 6.61 Å². The summed E-state index contributed by atoms with van der Waals surface area (Å²) in [4.78, 5) is 0. The van der Waals surface area contributed by atoms with Crippen molar-refractivity contribution < 1.29 is 15.3 Å². The summed E-state index contributed by atoms with van der Waals surface area (Å²) in [5, 5.41) is 25.7. The van der Waals surface area contributed by atoms with E-state index in [1.165, 1.54) is 12.2 Å². The Hall–Kier alpha value is -0.380. The predicted molar refractivity (Wildman–Crippen MR) is 33.6 cm³/mol. The molecular formula is C6H11O3. The van der Waals surface area contributed by atoms with Gasteiger partial charge < -0.3 is 15.3 Å². The van der Waals surface area contributed by atoms with Gasteiger partial charge in [-0.3, -0.25) is 0 Å². The van der Waals surface area contributed by atoms with Crippen LogP contribution in [0.25, 0.3) is 0 Å². The first kappa shape index (κ1) is 8.62. The third-order valence-corrected chi connectivity index (χ3v) is 0.915. The summed E-state index contributed by atoms with van der Waals surface area (Å²) in [5.41, 5.74) is 0. The maximum atomic E-state index is 8.78. The van der Waals surface area contributed by atoms with Gasteiger partial charge in [-0.25, -0.2) is 0 Å². The van der Waals surface area contributed by atoms with Crippen LogP contribution in [0.1, 0.15) is 0 Å². The van der Waals surface area contributed by atoms with Crippen LogP contribution in [0.15, 0.2) is 12.2 Å². The molecule has 0 bridgehead atoms. The number of aliphatic hydroxyl groups is 3. The van der Waals surface area contributed by atoms with Crippen LogP contribution in [0.3, 0.4) is 0 Å². The van der Waals surface area contributed by atoms with Gasteiger partial charge in [-0.15, -0.1) is 0 Å². The fourth-order valence-electron chi connectivity index (χ4n) is 0.376. The van der Waals surface area contributed by atoms with Crippen molar-refractivity contribution in [3.05, 3.63) is 19.1 Å². The summed E-state index contributed by atoms with van der Waals surface area (Å²) < 4.78 is 0. The molecule has 2 atom stereocenters.